The average molecular weight is 300 g/mol. The van der Waals surface area contributed by atoms with Crippen LogP contribution in [0.2, 0.25) is 5.15 Å². The van der Waals surface area contributed by atoms with Gasteiger partial charge in [0.25, 0.3) is 11.6 Å². The van der Waals surface area contributed by atoms with E-state index in [0.717, 1.165) is 12.3 Å². The quantitative estimate of drug-likeness (QED) is 0.492. The predicted octanol–water partition coefficient (Wildman–Crippen LogP) is 1.38. The smallest absolute Gasteiger partial charge is 0.329 e. The Morgan fingerprint density at radius 1 is 1.50 bits per heavy atom. The van der Waals surface area contributed by atoms with Gasteiger partial charge < -0.3 is 10.4 Å². The van der Waals surface area contributed by atoms with Crippen LogP contribution in [0.3, 0.4) is 0 Å². The topological polar surface area (TPSA) is 122 Å². The Labute approximate surface area is 117 Å². The summed E-state index contributed by atoms with van der Waals surface area (Å²) in [4.78, 5) is 36.9. The van der Waals surface area contributed by atoms with Gasteiger partial charge >= 0.3 is 5.97 Å². The van der Waals surface area contributed by atoms with Crippen LogP contribution in [0.1, 0.15) is 29.6 Å². The number of hydrogen-bond donors (Lipinski definition) is 2. The molecule has 2 N–H and O–H groups in total. The molecule has 0 radical (unpaired) electrons. The lowest BCUT2D eigenvalue weighted by atomic mass is 9.76. The van der Waals surface area contributed by atoms with E-state index in [1.807, 2.05) is 0 Å². The molecular formula is C11H10ClN3O5. The molecule has 9 heteroatoms. The van der Waals surface area contributed by atoms with E-state index in [1.165, 1.54) is 0 Å². The molecule has 20 heavy (non-hydrogen) atoms. The monoisotopic (exact) mass is 299 g/mol. The summed E-state index contributed by atoms with van der Waals surface area (Å²) in [6, 6.07) is 1.04. The molecule has 1 aromatic rings. The number of rotatable bonds is 4. The van der Waals surface area contributed by atoms with Gasteiger partial charge in [-0.15, -0.1) is 0 Å². The van der Waals surface area contributed by atoms with Crippen molar-refractivity contribution in [3.05, 3.63) is 33.1 Å². The molecule has 0 aliphatic heterocycles. The molecule has 0 spiro atoms. The largest absolute Gasteiger partial charge is 0.480 e. The van der Waals surface area contributed by atoms with Crippen LogP contribution in [0.5, 0.6) is 0 Å². The van der Waals surface area contributed by atoms with Crippen LogP contribution < -0.4 is 5.32 Å². The predicted molar refractivity (Wildman–Crippen MR) is 67.6 cm³/mol. The zero-order valence-electron chi connectivity index (χ0n) is 10.1. The zero-order valence-corrected chi connectivity index (χ0v) is 10.9. The number of nitrogens with one attached hydrogen (secondary N) is 1. The maximum atomic E-state index is 12.1. The number of aromatic nitrogens is 1. The Hall–Kier alpha value is -2.22. The van der Waals surface area contributed by atoms with E-state index in [2.05, 4.69) is 10.3 Å². The minimum absolute atomic E-state index is 0.0845. The summed E-state index contributed by atoms with van der Waals surface area (Å²) in [5, 5.41) is 22.2. The number of halogens is 1. The van der Waals surface area contributed by atoms with E-state index >= 15 is 0 Å². The summed E-state index contributed by atoms with van der Waals surface area (Å²) >= 11 is 5.62. The molecule has 1 aromatic heterocycles. The SMILES string of the molecule is O=C(NC1(C(=O)O)CCC1)c1cc(Cl)ncc1[N+](=O)[O-]. The van der Waals surface area contributed by atoms with Crippen molar-refractivity contribution in [2.75, 3.05) is 0 Å². The summed E-state index contributed by atoms with van der Waals surface area (Å²) in [7, 11) is 0. The molecule has 0 aromatic carbocycles. The minimum atomic E-state index is -1.35. The molecule has 2 rings (SSSR count). The second-order valence-electron chi connectivity index (χ2n) is 4.48. The summed E-state index contributed by atoms with van der Waals surface area (Å²) in [6.07, 6.45) is 2.12. The first-order valence-corrected chi connectivity index (χ1v) is 6.09. The van der Waals surface area contributed by atoms with Gasteiger partial charge in [-0.1, -0.05) is 11.6 Å². The second kappa shape index (κ2) is 5.04. The molecule has 1 saturated carbocycles. The van der Waals surface area contributed by atoms with Gasteiger partial charge in [0.2, 0.25) is 0 Å². The van der Waals surface area contributed by atoms with Crippen LogP contribution in [-0.4, -0.2) is 32.4 Å². The Morgan fingerprint density at radius 2 is 2.15 bits per heavy atom. The number of carboxylic acids is 1. The highest BCUT2D eigenvalue weighted by Gasteiger charge is 2.46. The summed E-state index contributed by atoms with van der Waals surface area (Å²) in [5.74, 6) is -2.00. The number of nitrogens with zero attached hydrogens (tertiary/aromatic N) is 2. The summed E-state index contributed by atoms with van der Waals surface area (Å²) < 4.78 is 0. The number of carboxylic acid groups (broad SMARTS) is 1. The number of pyridine rings is 1. The molecule has 1 aliphatic carbocycles. The van der Waals surface area contributed by atoms with Crippen molar-refractivity contribution in [1.82, 2.24) is 10.3 Å². The van der Waals surface area contributed by atoms with Gasteiger partial charge in [0.15, 0.2) is 0 Å². The molecule has 1 aliphatic rings. The van der Waals surface area contributed by atoms with Gasteiger partial charge in [-0.3, -0.25) is 14.9 Å². The third kappa shape index (κ3) is 2.42. The van der Waals surface area contributed by atoms with E-state index in [0.29, 0.717) is 19.3 Å². The number of aliphatic carboxylic acids is 1. The van der Waals surface area contributed by atoms with Crippen molar-refractivity contribution in [3.8, 4) is 0 Å². The van der Waals surface area contributed by atoms with Crippen molar-refractivity contribution in [1.29, 1.82) is 0 Å². The standard InChI is InChI=1S/C11H10ClN3O5/c12-8-4-6(7(5-13-8)15(19)20)9(16)14-11(10(17)18)2-1-3-11/h4-5H,1-3H2,(H,14,16)(H,17,18). The molecule has 0 saturated heterocycles. The van der Waals surface area contributed by atoms with Crippen LogP contribution in [-0.2, 0) is 4.79 Å². The Balaban J connectivity index is 2.32. The summed E-state index contributed by atoms with van der Waals surface area (Å²) in [6.45, 7) is 0. The Bertz CT molecular complexity index is 600. The molecule has 1 heterocycles. The van der Waals surface area contributed by atoms with Crippen LogP contribution in [0.15, 0.2) is 12.3 Å². The molecular weight excluding hydrogens is 290 g/mol. The molecule has 106 valence electrons. The normalized spacial score (nSPS) is 16.1. The van der Waals surface area contributed by atoms with Crippen molar-refractivity contribution in [3.63, 3.8) is 0 Å². The lowest BCUT2D eigenvalue weighted by Crippen LogP contribution is -2.59. The highest BCUT2D eigenvalue weighted by atomic mass is 35.5. The van der Waals surface area contributed by atoms with Crippen LogP contribution in [0.4, 0.5) is 5.69 Å². The van der Waals surface area contributed by atoms with Crippen molar-refractivity contribution < 1.29 is 19.6 Å². The van der Waals surface area contributed by atoms with Gasteiger partial charge in [0.1, 0.15) is 22.5 Å². The van der Waals surface area contributed by atoms with E-state index < -0.39 is 28.0 Å². The number of nitro groups is 1. The van der Waals surface area contributed by atoms with Gasteiger partial charge in [0, 0.05) is 0 Å². The van der Waals surface area contributed by atoms with Gasteiger partial charge in [-0.2, -0.15) is 0 Å². The van der Waals surface area contributed by atoms with Crippen LogP contribution in [0.25, 0.3) is 0 Å². The molecule has 0 atom stereocenters. The van der Waals surface area contributed by atoms with Gasteiger partial charge in [0.05, 0.1) is 4.92 Å². The first-order chi connectivity index (χ1) is 9.35. The van der Waals surface area contributed by atoms with Gasteiger partial charge in [-0.25, -0.2) is 9.78 Å². The second-order valence-corrected chi connectivity index (χ2v) is 4.86. The maximum Gasteiger partial charge on any atom is 0.329 e. The van der Waals surface area contributed by atoms with E-state index in [1.54, 1.807) is 0 Å². The van der Waals surface area contributed by atoms with Crippen LogP contribution >= 0.6 is 11.6 Å². The fourth-order valence-electron chi connectivity index (χ4n) is 1.96. The summed E-state index contributed by atoms with van der Waals surface area (Å²) in [5.41, 5.74) is -2.17. The van der Waals surface area contributed by atoms with E-state index in [4.69, 9.17) is 16.7 Å². The van der Waals surface area contributed by atoms with Crippen molar-refractivity contribution >= 4 is 29.2 Å². The fourth-order valence-corrected chi connectivity index (χ4v) is 2.12. The van der Waals surface area contributed by atoms with Gasteiger partial charge in [-0.05, 0) is 25.3 Å². The first kappa shape index (κ1) is 14.2. The lowest BCUT2D eigenvalue weighted by Gasteiger charge is -2.38. The third-order valence-electron chi connectivity index (χ3n) is 3.26. The third-order valence-corrected chi connectivity index (χ3v) is 3.47. The van der Waals surface area contributed by atoms with Crippen molar-refractivity contribution in [2.45, 2.75) is 24.8 Å². The zero-order chi connectivity index (χ0) is 14.9. The lowest BCUT2D eigenvalue weighted by molar-refractivity contribution is -0.385. The molecule has 0 unspecified atom stereocenters. The maximum absolute atomic E-state index is 12.1. The first-order valence-electron chi connectivity index (χ1n) is 5.71. The minimum Gasteiger partial charge on any atom is -0.480 e. The number of amides is 1. The van der Waals surface area contributed by atoms with Crippen molar-refractivity contribution in [2.24, 2.45) is 0 Å². The molecule has 1 fully saturated rings. The molecule has 0 bridgehead atoms. The Kier molecular flexibility index (Phi) is 3.58. The van der Waals surface area contributed by atoms with Crippen LogP contribution in [0, 0.1) is 10.1 Å². The highest BCUT2D eigenvalue weighted by Crippen LogP contribution is 2.33. The number of hydrogen-bond acceptors (Lipinski definition) is 5. The number of carbonyl (C=O) groups excluding carboxylic acids is 1. The molecule has 1 amide bonds. The Morgan fingerprint density at radius 3 is 2.60 bits per heavy atom. The highest BCUT2D eigenvalue weighted by molar-refractivity contribution is 6.29. The number of carbonyl (C=O) groups is 2. The van der Waals surface area contributed by atoms with E-state index in [9.17, 15) is 19.7 Å². The average Bonchev–Trinajstić information content (AvgIpc) is 2.32. The fraction of sp³-hybridized carbons (Fsp3) is 0.364. The molecule has 8 nitrogen and oxygen atoms in total. The van der Waals surface area contributed by atoms with E-state index in [-0.39, 0.29) is 10.7 Å².